The van der Waals surface area contributed by atoms with Gasteiger partial charge in [-0.2, -0.15) is 5.26 Å². The Bertz CT molecular complexity index is 779. The zero-order valence-electron chi connectivity index (χ0n) is 13.0. The Morgan fingerprint density at radius 1 is 1.35 bits per heavy atom. The summed E-state index contributed by atoms with van der Waals surface area (Å²) in [5, 5.41) is 12.0. The minimum Gasteiger partial charge on any atom is -0.361 e. The molecular weight excluding hydrogens is 288 g/mol. The van der Waals surface area contributed by atoms with E-state index in [1.54, 1.807) is 6.07 Å². The molecule has 1 N–H and O–H groups in total. The molecule has 5 nitrogen and oxygen atoms in total. The van der Waals surface area contributed by atoms with Gasteiger partial charge in [0.15, 0.2) is 0 Å². The first-order chi connectivity index (χ1) is 11.2. The smallest absolute Gasteiger partial charge is 0.246 e. The number of hydrogen-bond acceptors (Lipinski definition) is 4. The van der Waals surface area contributed by atoms with Crippen molar-refractivity contribution in [1.29, 1.82) is 5.26 Å². The van der Waals surface area contributed by atoms with Crippen molar-refractivity contribution in [2.24, 2.45) is 0 Å². The van der Waals surface area contributed by atoms with Crippen LogP contribution in [0.15, 0.2) is 36.4 Å². The van der Waals surface area contributed by atoms with Gasteiger partial charge in [-0.1, -0.05) is 24.3 Å². The van der Waals surface area contributed by atoms with Gasteiger partial charge in [0.25, 0.3) is 0 Å². The van der Waals surface area contributed by atoms with Gasteiger partial charge in [-0.25, -0.2) is 4.98 Å². The third-order valence-corrected chi connectivity index (χ3v) is 4.03. The number of amides is 1. The number of nitrogens with one attached hydrogen (secondary N) is 1. The monoisotopic (exact) mass is 306 g/mol. The van der Waals surface area contributed by atoms with E-state index in [4.69, 9.17) is 5.26 Å². The number of benzene rings is 1. The maximum atomic E-state index is 12.5. The molecule has 1 aliphatic heterocycles. The molecule has 0 fully saturated rings. The molecule has 116 valence electrons. The van der Waals surface area contributed by atoms with Gasteiger partial charge in [-0.15, -0.1) is 0 Å². The van der Waals surface area contributed by atoms with E-state index in [-0.39, 0.29) is 12.5 Å². The van der Waals surface area contributed by atoms with Gasteiger partial charge in [0, 0.05) is 12.2 Å². The number of pyridine rings is 1. The molecule has 1 aliphatic rings. The van der Waals surface area contributed by atoms with E-state index in [0.717, 1.165) is 30.6 Å². The number of aryl methyl sites for hydroxylation is 2. The summed E-state index contributed by atoms with van der Waals surface area (Å²) >= 11 is 0. The van der Waals surface area contributed by atoms with Crippen molar-refractivity contribution in [1.82, 2.24) is 4.98 Å². The average Bonchev–Trinajstić information content (AvgIpc) is 2.60. The standard InChI is InChI=1S/C18H18N4O/c1-13-8-9-17(21-15(13)11-19)20-12-18(23)22-10-4-6-14-5-2-3-7-16(14)22/h2-3,5,7-9H,4,6,10,12H2,1H3,(H,20,21). The number of anilines is 2. The van der Waals surface area contributed by atoms with E-state index in [2.05, 4.69) is 22.4 Å². The maximum Gasteiger partial charge on any atom is 0.246 e. The number of nitriles is 1. The van der Waals surface area contributed by atoms with Crippen LogP contribution in [0.2, 0.25) is 0 Å². The van der Waals surface area contributed by atoms with Crippen molar-refractivity contribution in [3.05, 3.63) is 53.2 Å². The summed E-state index contributed by atoms with van der Waals surface area (Å²) < 4.78 is 0. The van der Waals surface area contributed by atoms with Crippen molar-refractivity contribution in [3.8, 4) is 6.07 Å². The largest absolute Gasteiger partial charge is 0.361 e. The van der Waals surface area contributed by atoms with Gasteiger partial charge in [-0.3, -0.25) is 4.79 Å². The molecule has 0 saturated carbocycles. The second kappa shape index (κ2) is 6.49. The SMILES string of the molecule is Cc1ccc(NCC(=O)N2CCCc3ccccc32)nc1C#N. The third-order valence-electron chi connectivity index (χ3n) is 4.03. The molecule has 1 amide bonds. The van der Waals surface area contributed by atoms with E-state index in [1.165, 1.54) is 5.56 Å². The molecule has 23 heavy (non-hydrogen) atoms. The van der Waals surface area contributed by atoms with E-state index in [1.807, 2.05) is 36.1 Å². The lowest BCUT2D eigenvalue weighted by Gasteiger charge is -2.29. The second-order valence-corrected chi connectivity index (χ2v) is 5.60. The number of nitrogens with zero attached hydrogens (tertiary/aromatic N) is 3. The van der Waals surface area contributed by atoms with E-state index in [0.29, 0.717) is 11.5 Å². The molecule has 3 rings (SSSR count). The number of para-hydroxylation sites is 1. The number of hydrogen-bond donors (Lipinski definition) is 1. The molecule has 1 aromatic heterocycles. The summed E-state index contributed by atoms with van der Waals surface area (Å²) in [6.45, 7) is 2.74. The molecule has 2 heterocycles. The zero-order valence-corrected chi connectivity index (χ0v) is 13.0. The lowest BCUT2D eigenvalue weighted by atomic mass is 10.0. The van der Waals surface area contributed by atoms with Crippen LogP contribution in [0.4, 0.5) is 11.5 Å². The van der Waals surface area contributed by atoms with Gasteiger partial charge in [0.2, 0.25) is 5.91 Å². The van der Waals surface area contributed by atoms with Crippen molar-refractivity contribution in [2.75, 3.05) is 23.3 Å². The Morgan fingerprint density at radius 2 is 2.17 bits per heavy atom. The fourth-order valence-corrected chi connectivity index (χ4v) is 2.79. The molecular formula is C18H18N4O. The van der Waals surface area contributed by atoms with Crippen molar-refractivity contribution >= 4 is 17.4 Å². The molecule has 5 heteroatoms. The first-order valence-electron chi connectivity index (χ1n) is 7.69. The van der Waals surface area contributed by atoms with Crippen LogP contribution in [0.5, 0.6) is 0 Å². The lowest BCUT2D eigenvalue weighted by molar-refractivity contribution is -0.117. The Kier molecular flexibility index (Phi) is 4.24. The van der Waals surface area contributed by atoms with E-state index >= 15 is 0 Å². The summed E-state index contributed by atoms with van der Waals surface area (Å²) in [6, 6.07) is 13.7. The van der Waals surface area contributed by atoms with Crippen molar-refractivity contribution < 1.29 is 4.79 Å². The highest BCUT2D eigenvalue weighted by Gasteiger charge is 2.21. The van der Waals surface area contributed by atoms with Crippen LogP contribution in [-0.2, 0) is 11.2 Å². The van der Waals surface area contributed by atoms with Gasteiger partial charge < -0.3 is 10.2 Å². The average molecular weight is 306 g/mol. The van der Waals surface area contributed by atoms with Crippen LogP contribution in [0.1, 0.15) is 23.2 Å². The number of carbonyl (C=O) groups is 1. The zero-order chi connectivity index (χ0) is 16.2. The minimum absolute atomic E-state index is 0.0121. The van der Waals surface area contributed by atoms with Gasteiger partial charge >= 0.3 is 0 Å². The molecule has 0 saturated heterocycles. The predicted molar refractivity (Wildman–Crippen MR) is 89.3 cm³/mol. The second-order valence-electron chi connectivity index (χ2n) is 5.60. The topological polar surface area (TPSA) is 69.0 Å². The first-order valence-corrected chi connectivity index (χ1v) is 7.69. The molecule has 2 aromatic rings. The van der Waals surface area contributed by atoms with E-state index < -0.39 is 0 Å². The predicted octanol–water partition coefficient (Wildman–Crippen LogP) is 2.65. The summed E-state index contributed by atoms with van der Waals surface area (Å²) in [7, 11) is 0. The van der Waals surface area contributed by atoms with Crippen LogP contribution in [-0.4, -0.2) is 24.0 Å². The Hall–Kier alpha value is -2.87. The molecule has 0 atom stereocenters. The number of aromatic nitrogens is 1. The normalized spacial score (nSPS) is 13.1. The quantitative estimate of drug-likeness (QED) is 0.946. The number of rotatable bonds is 3. The highest BCUT2D eigenvalue weighted by atomic mass is 16.2. The summed E-state index contributed by atoms with van der Waals surface area (Å²) in [6.07, 6.45) is 1.99. The van der Waals surface area contributed by atoms with Crippen LogP contribution < -0.4 is 10.2 Å². The van der Waals surface area contributed by atoms with Gasteiger partial charge in [0.05, 0.1) is 6.54 Å². The fraction of sp³-hybridized carbons (Fsp3) is 0.278. The molecule has 0 unspecified atom stereocenters. The first kappa shape index (κ1) is 15.0. The number of carbonyl (C=O) groups excluding carboxylic acids is 1. The highest BCUT2D eigenvalue weighted by Crippen LogP contribution is 2.26. The van der Waals surface area contributed by atoms with Crippen LogP contribution in [0.25, 0.3) is 0 Å². The molecule has 1 aromatic carbocycles. The number of fused-ring (bicyclic) bond motifs is 1. The minimum atomic E-state index is 0.0121. The molecule has 0 aliphatic carbocycles. The Morgan fingerprint density at radius 3 is 3.00 bits per heavy atom. The van der Waals surface area contributed by atoms with Crippen LogP contribution >= 0.6 is 0 Å². The van der Waals surface area contributed by atoms with Crippen molar-refractivity contribution in [2.45, 2.75) is 19.8 Å². The summed E-state index contributed by atoms with van der Waals surface area (Å²) in [5.41, 5.74) is 3.42. The summed E-state index contributed by atoms with van der Waals surface area (Å²) in [5.74, 6) is 0.559. The molecule has 0 bridgehead atoms. The van der Waals surface area contributed by atoms with Gasteiger partial charge in [0.1, 0.15) is 17.6 Å². The van der Waals surface area contributed by atoms with Gasteiger partial charge in [-0.05, 0) is 43.0 Å². The third kappa shape index (κ3) is 3.16. The Balaban J connectivity index is 1.70. The summed E-state index contributed by atoms with van der Waals surface area (Å²) in [4.78, 5) is 18.6. The van der Waals surface area contributed by atoms with Crippen molar-refractivity contribution in [3.63, 3.8) is 0 Å². The van der Waals surface area contributed by atoms with Crippen LogP contribution in [0.3, 0.4) is 0 Å². The fourth-order valence-electron chi connectivity index (χ4n) is 2.79. The Labute approximate surface area is 135 Å². The lowest BCUT2D eigenvalue weighted by Crippen LogP contribution is -2.39. The maximum absolute atomic E-state index is 12.5. The molecule has 0 radical (unpaired) electrons. The molecule has 0 spiro atoms. The van der Waals surface area contributed by atoms with E-state index in [9.17, 15) is 4.79 Å². The highest BCUT2D eigenvalue weighted by molar-refractivity contribution is 5.97. The van der Waals surface area contributed by atoms with Crippen LogP contribution in [0, 0.1) is 18.3 Å².